The van der Waals surface area contributed by atoms with E-state index in [4.69, 9.17) is 11.6 Å². The lowest BCUT2D eigenvalue weighted by Gasteiger charge is -2.16. The Morgan fingerprint density at radius 1 is 1.27 bits per heavy atom. The molecule has 1 N–H and O–H groups in total. The van der Waals surface area contributed by atoms with Gasteiger partial charge in [0.2, 0.25) is 0 Å². The topological polar surface area (TPSA) is 37.3 Å². The van der Waals surface area contributed by atoms with E-state index in [9.17, 15) is 9.90 Å². The van der Waals surface area contributed by atoms with Crippen LogP contribution < -0.4 is 0 Å². The number of alkyl halides is 1. The number of carbonyl (C=O) groups excluding carboxylic acids is 1. The summed E-state index contributed by atoms with van der Waals surface area (Å²) in [7, 11) is 0. The predicted molar refractivity (Wildman–Crippen MR) is 59.1 cm³/mol. The number of rotatable bonds is 2. The fourth-order valence-corrected chi connectivity index (χ4v) is 2.47. The van der Waals surface area contributed by atoms with Crippen molar-refractivity contribution in [3.8, 4) is 0 Å². The van der Waals surface area contributed by atoms with E-state index in [0.29, 0.717) is 18.4 Å². The zero-order valence-corrected chi connectivity index (χ0v) is 9.02. The number of aliphatic hydroxyl groups is 1. The summed E-state index contributed by atoms with van der Waals surface area (Å²) >= 11 is 6.04. The molecule has 1 aliphatic rings. The third-order valence-electron chi connectivity index (χ3n) is 2.90. The second kappa shape index (κ2) is 4.33. The number of ketones is 1. The minimum atomic E-state index is -0.583. The molecule has 0 saturated heterocycles. The number of aliphatic hydroxyl groups excluding tert-OH is 1. The molecule has 1 saturated carbocycles. The van der Waals surface area contributed by atoms with Gasteiger partial charge in [0.15, 0.2) is 5.78 Å². The first-order valence-electron chi connectivity index (χ1n) is 5.11. The van der Waals surface area contributed by atoms with E-state index in [1.54, 1.807) is 12.1 Å². The van der Waals surface area contributed by atoms with Crippen LogP contribution in [0, 0.1) is 5.92 Å². The van der Waals surface area contributed by atoms with Crippen LogP contribution in [-0.2, 0) is 0 Å². The SMILES string of the molecule is O=C(c1ccccc1)[C@H]1[C@@H](O)CC[C@@H]1Cl. The van der Waals surface area contributed by atoms with Gasteiger partial charge in [-0.25, -0.2) is 0 Å². The van der Waals surface area contributed by atoms with E-state index < -0.39 is 12.0 Å². The maximum Gasteiger partial charge on any atom is 0.170 e. The zero-order valence-electron chi connectivity index (χ0n) is 8.27. The van der Waals surface area contributed by atoms with Crippen molar-refractivity contribution in [2.75, 3.05) is 0 Å². The summed E-state index contributed by atoms with van der Waals surface area (Å²) in [6, 6.07) is 9.02. The number of Topliss-reactive ketones (excluding diaryl/α,β-unsaturated/α-hetero) is 1. The van der Waals surface area contributed by atoms with Crippen molar-refractivity contribution in [1.82, 2.24) is 0 Å². The fourth-order valence-electron chi connectivity index (χ4n) is 2.06. The molecular weight excluding hydrogens is 212 g/mol. The summed E-state index contributed by atoms with van der Waals surface area (Å²) in [4.78, 5) is 12.0. The third kappa shape index (κ3) is 2.06. The minimum absolute atomic E-state index is 0.0411. The second-order valence-electron chi connectivity index (χ2n) is 3.92. The van der Waals surface area contributed by atoms with Crippen molar-refractivity contribution in [1.29, 1.82) is 0 Å². The summed E-state index contributed by atoms with van der Waals surface area (Å²) in [6.07, 6.45) is 0.754. The van der Waals surface area contributed by atoms with Crippen LogP contribution in [0.2, 0.25) is 0 Å². The van der Waals surface area contributed by atoms with Crippen LogP contribution in [0.4, 0.5) is 0 Å². The van der Waals surface area contributed by atoms with Gasteiger partial charge in [-0.05, 0) is 12.8 Å². The fraction of sp³-hybridized carbons (Fsp3) is 0.417. The normalized spacial score (nSPS) is 30.4. The molecule has 0 aliphatic heterocycles. The highest BCUT2D eigenvalue weighted by atomic mass is 35.5. The van der Waals surface area contributed by atoms with Crippen molar-refractivity contribution in [2.24, 2.45) is 5.92 Å². The van der Waals surface area contributed by atoms with Gasteiger partial charge in [0.25, 0.3) is 0 Å². The van der Waals surface area contributed by atoms with Gasteiger partial charge in [-0.15, -0.1) is 11.6 Å². The first-order chi connectivity index (χ1) is 7.20. The highest BCUT2D eigenvalue weighted by Crippen LogP contribution is 2.33. The number of carbonyl (C=O) groups is 1. The summed E-state index contributed by atoms with van der Waals surface area (Å²) in [6.45, 7) is 0. The molecule has 1 aromatic rings. The Morgan fingerprint density at radius 2 is 1.93 bits per heavy atom. The Labute approximate surface area is 93.9 Å². The molecule has 0 aromatic heterocycles. The van der Waals surface area contributed by atoms with Gasteiger partial charge in [-0.3, -0.25) is 4.79 Å². The molecule has 1 aliphatic carbocycles. The highest BCUT2D eigenvalue weighted by Gasteiger charge is 2.39. The van der Waals surface area contributed by atoms with E-state index in [-0.39, 0.29) is 11.2 Å². The predicted octanol–water partition coefficient (Wildman–Crippen LogP) is 2.25. The van der Waals surface area contributed by atoms with Crippen molar-refractivity contribution >= 4 is 17.4 Å². The zero-order chi connectivity index (χ0) is 10.8. The van der Waals surface area contributed by atoms with Gasteiger partial charge in [0, 0.05) is 10.9 Å². The summed E-state index contributed by atoms with van der Waals surface area (Å²) in [5, 5.41) is 9.46. The summed E-state index contributed by atoms with van der Waals surface area (Å²) in [5.41, 5.74) is 0.633. The van der Waals surface area contributed by atoms with E-state index in [2.05, 4.69) is 0 Å². The largest absolute Gasteiger partial charge is 0.392 e. The first kappa shape index (κ1) is 10.7. The molecule has 80 valence electrons. The van der Waals surface area contributed by atoms with Crippen LogP contribution in [0.5, 0.6) is 0 Å². The number of benzene rings is 1. The van der Waals surface area contributed by atoms with Gasteiger partial charge in [0.05, 0.1) is 12.0 Å². The molecule has 2 rings (SSSR count). The highest BCUT2D eigenvalue weighted by molar-refractivity contribution is 6.23. The Kier molecular flexibility index (Phi) is 3.08. The number of hydrogen-bond acceptors (Lipinski definition) is 2. The lowest BCUT2D eigenvalue weighted by Crippen LogP contribution is -2.28. The van der Waals surface area contributed by atoms with Crippen LogP contribution in [0.25, 0.3) is 0 Å². The van der Waals surface area contributed by atoms with E-state index in [0.717, 1.165) is 0 Å². The van der Waals surface area contributed by atoms with Crippen LogP contribution in [0.3, 0.4) is 0 Å². The molecule has 3 heteroatoms. The quantitative estimate of drug-likeness (QED) is 0.618. The molecule has 1 aromatic carbocycles. The van der Waals surface area contributed by atoms with Gasteiger partial charge in [-0.2, -0.15) is 0 Å². The number of halogens is 1. The second-order valence-corrected chi connectivity index (χ2v) is 4.48. The Hall–Kier alpha value is -0.860. The minimum Gasteiger partial charge on any atom is -0.392 e. The third-order valence-corrected chi connectivity index (χ3v) is 3.39. The van der Waals surface area contributed by atoms with Gasteiger partial charge in [0.1, 0.15) is 0 Å². The summed E-state index contributed by atoms with van der Waals surface area (Å²) in [5.74, 6) is -0.477. The molecule has 0 amide bonds. The lowest BCUT2D eigenvalue weighted by atomic mass is 9.94. The summed E-state index contributed by atoms with van der Waals surface area (Å²) < 4.78 is 0. The lowest BCUT2D eigenvalue weighted by molar-refractivity contribution is 0.0762. The standard InChI is InChI=1S/C12H13ClO2/c13-9-6-7-10(14)11(9)12(15)8-4-2-1-3-5-8/h1-5,9-11,14H,6-7H2/t9-,10-,11+/m0/s1. The van der Waals surface area contributed by atoms with Crippen LogP contribution >= 0.6 is 11.6 Å². The van der Waals surface area contributed by atoms with Crippen LogP contribution in [0.1, 0.15) is 23.2 Å². The van der Waals surface area contributed by atoms with Crippen LogP contribution in [0.15, 0.2) is 30.3 Å². The maximum atomic E-state index is 12.0. The van der Waals surface area contributed by atoms with Gasteiger partial charge < -0.3 is 5.11 Å². The smallest absolute Gasteiger partial charge is 0.170 e. The first-order valence-corrected chi connectivity index (χ1v) is 5.55. The van der Waals surface area contributed by atoms with E-state index in [1.165, 1.54) is 0 Å². The average Bonchev–Trinajstić information content (AvgIpc) is 2.59. The average molecular weight is 225 g/mol. The molecule has 15 heavy (non-hydrogen) atoms. The molecule has 0 heterocycles. The molecule has 3 atom stereocenters. The Bertz CT molecular complexity index is 340. The van der Waals surface area contributed by atoms with Crippen LogP contribution in [-0.4, -0.2) is 22.4 Å². The molecule has 0 unspecified atom stereocenters. The van der Waals surface area contributed by atoms with Gasteiger partial charge >= 0.3 is 0 Å². The van der Waals surface area contributed by atoms with Crippen molar-refractivity contribution < 1.29 is 9.90 Å². The molecule has 0 spiro atoms. The van der Waals surface area contributed by atoms with E-state index >= 15 is 0 Å². The van der Waals surface area contributed by atoms with Gasteiger partial charge in [-0.1, -0.05) is 30.3 Å². The van der Waals surface area contributed by atoms with Crippen molar-refractivity contribution in [3.05, 3.63) is 35.9 Å². The molecule has 2 nitrogen and oxygen atoms in total. The molecular formula is C12H13ClO2. The maximum absolute atomic E-state index is 12.0. The molecule has 0 radical (unpaired) electrons. The molecule has 1 fully saturated rings. The number of hydrogen-bond donors (Lipinski definition) is 1. The van der Waals surface area contributed by atoms with Crippen molar-refractivity contribution in [2.45, 2.75) is 24.3 Å². The Morgan fingerprint density at radius 3 is 2.47 bits per heavy atom. The molecule has 0 bridgehead atoms. The van der Waals surface area contributed by atoms with Crippen molar-refractivity contribution in [3.63, 3.8) is 0 Å². The van der Waals surface area contributed by atoms with E-state index in [1.807, 2.05) is 18.2 Å². The Balaban J connectivity index is 2.21. The monoisotopic (exact) mass is 224 g/mol.